The van der Waals surface area contributed by atoms with Crippen molar-refractivity contribution in [1.29, 1.82) is 0 Å². The van der Waals surface area contributed by atoms with Gasteiger partial charge < -0.3 is 5.32 Å². The third-order valence-corrected chi connectivity index (χ3v) is 2.97. The summed E-state index contributed by atoms with van der Waals surface area (Å²) in [6.45, 7) is 4.01. The molecule has 0 aliphatic heterocycles. The Bertz CT molecular complexity index is 516. The van der Waals surface area contributed by atoms with Crippen LogP contribution in [-0.2, 0) is 4.79 Å². The molecule has 0 unspecified atom stereocenters. The number of aromatic nitrogens is 4. The number of nitrogens with zero attached hydrogens (tertiary/aromatic N) is 4. The van der Waals surface area contributed by atoms with Crippen molar-refractivity contribution >= 4 is 11.6 Å². The molecule has 2 aromatic heterocycles. The van der Waals surface area contributed by atoms with E-state index in [1.165, 1.54) is 0 Å². The number of rotatable bonds is 5. The molecule has 0 aliphatic rings. The summed E-state index contributed by atoms with van der Waals surface area (Å²) < 4.78 is 1.56. The van der Waals surface area contributed by atoms with E-state index >= 15 is 0 Å². The molecule has 19 heavy (non-hydrogen) atoms. The molecule has 2 aromatic rings. The summed E-state index contributed by atoms with van der Waals surface area (Å²) in [5.74, 6) is 0.525. The molecule has 0 fully saturated rings. The Labute approximate surface area is 111 Å². The van der Waals surface area contributed by atoms with Gasteiger partial charge in [0.1, 0.15) is 0 Å². The lowest BCUT2D eigenvalue weighted by atomic mass is 10.0. The van der Waals surface area contributed by atoms with E-state index in [9.17, 15) is 4.79 Å². The van der Waals surface area contributed by atoms with Crippen LogP contribution in [0.2, 0.25) is 0 Å². The molecule has 2 rings (SSSR count). The highest BCUT2D eigenvalue weighted by Crippen LogP contribution is 2.12. The van der Waals surface area contributed by atoms with E-state index in [4.69, 9.17) is 0 Å². The van der Waals surface area contributed by atoms with Gasteiger partial charge in [-0.25, -0.2) is 14.6 Å². The predicted molar refractivity (Wildman–Crippen MR) is 71.9 cm³/mol. The molecule has 0 saturated carbocycles. The molecule has 0 saturated heterocycles. The van der Waals surface area contributed by atoms with Crippen LogP contribution in [0.4, 0.5) is 5.69 Å². The molecule has 0 atom stereocenters. The summed E-state index contributed by atoms with van der Waals surface area (Å²) in [4.78, 5) is 20.2. The van der Waals surface area contributed by atoms with E-state index in [0.717, 1.165) is 12.8 Å². The zero-order valence-electron chi connectivity index (χ0n) is 11.1. The molecule has 1 N–H and O–H groups in total. The molecular formula is C13H17N5O. The SMILES string of the molecule is CCC(CC)C(=O)Nc1cnc(-n2cccn2)nc1. The molecule has 2 heterocycles. The Hall–Kier alpha value is -2.24. The maximum Gasteiger partial charge on any atom is 0.250 e. The molecule has 0 aromatic carbocycles. The average Bonchev–Trinajstić information content (AvgIpc) is 2.95. The van der Waals surface area contributed by atoms with Gasteiger partial charge in [-0.2, -0.15) is 5.10 Å². The highest BCUT2D eigenvalue weighted by atomic mass is 16.1. The molecule has 6 nitrogen and oxygen atoms in total. The van der Waals surface area contributed by atoms with Gasteiger partial charge in [0.2, 0.25) is 5.91 Å². The maximum atomic E-state index is 11.9. The number of hydrogen-bond acceptors (Lipinski definition) is 4. The lowest BCUT2D eigenvalue weighted by Gasteiger charge is -2.12. The number of amides is 1. The molecule has 100 valence electrons. The van der Waals surface area contributed by atoms with Crippen LogP contribution in [-0.4, -0.2) is 25.7 Å². The lowest BCUT2D eigenvalue weighted by Crippen LogP contribution is -2.21. The van der Waals surface area contributed by atoms with Crippen LogP contribution < -0.4 is 5.32 Å². The minimum atomic E-state index is 0.0143. The second-order valence-electron chi connectivity index (χ2n) is 4.23. The van der Waals surface area contributed by atoms with Gasteiger partial charge in [-0.15, -0.1) is 0 Å². The predicted octanol–water partition coefficient (Wildman–Crippen LogP) is 2.04. The van der Waals surface area contributed by atoms with E-state index in [-0.39, 0.29) is 11.8 Å². The van der Waals surface area contributed by atoms with E-state index in [1.54, 1.807) is 35.5 Å². The first-order chi connectivity index (χ1) is 9.24. The van der Waals surface area contributed by atoms with Crippen molar-refractivity contribution in [3.8, 4) is 5.95 Å². The van der Waals surface area contributed by atoms with Crippen molar-refractivity contribution in [2.75, 3.05) is 5.32 Å². The molecule has 0 radical (unpaired) electrons. The Morgan fingerprint density at radius 1 is 1.32 bits per heavy atom. The zero-order chi connectivity index (χ0) is 13.7. The van der Waals surface area contributed by atoms with Crippen molar-refractivity contribution in [3.63, 3.8) is 0 Å². The van der Waals surface area contributed by atoms with Gasteiger partial charge >= 0.3 is 0 Å². The normalized spacial score (nSPS) is 10.7. The van der Waals surface area contributed by atoms with Crippen molar-refractivity contribution in [2.45, 2.75) is 26.7 Å². The van der Waals surface area contributed by atoms with Crippen molar-refractivity contribution in [1.82, 2.24) is 19.7 Å². The Morgan fingerprint density at radius 3 is 2.53 bits per heavy atom. The number of carbonyl (C=O) groups is 1. The minimum Gasteiger partial charge on any atom is -0.323 e. The fourth-order valence-electron chi connectivity index (χ4n) is 1.79. The van der Waals surface area contributed by atoms with Gasteiger partial charge in [-0.3, -0.25) is 4.79 Å². The van der Waals surface area contributed by atoms with E-state index in [0.29, 0.717) is 11.6 Å². The number of anilines is 1. The largest absolute Gasteiger partial charge is 0.323 e. The highest BCUT2D eigenvalue weighted by molar-refractivity contribution is 5.92. The zero-order valence-corrected chi connectivity index (χ0v) is 11.1. The quantitative estimate of drug-likeness (QED) is 0.891. The molecule has 6 heteroatoms. The van der Waals surface area contributed by atoms with Crippen LogP contribution in [0.25, 0.3) is 5.95 Å². The van der Waals surface area contributed by atoms with Gasteiger partial charge in [0.15, 0.2) is 0 Å². The standard InChI is InChI=1S/C13H17N5O/c1-3-10(4-2)12(19)17-11-8-14-13(15-9-11)18-7-5-6-16-18/h5-10H,3-4H2,1-2H3,(H,17,19). The Balaban J connectivity index is 2.05. The summed E-state index contributed by atoms with van der Waals surface area (Å²) >= 11 is 0. The summed E-state index contributed by atoms with van der Waals surface area (Å²) in [6, 6.07) is 1.80. The van der Waals surface area contributed by atoms with Crippen molar-refractivity contribution in [2.24, 2.45) is 5.92 Å². The minimum absolute atomic E-state index is 0.0143. The van der Waals surface area contributed by atoms with Crippen LogP contribution in [0.1, 0.15) is 26.7 Å². The van der Waals surface area contributed by atoms with Crippen LogP contribution in [0.5, 0.6) is 0 Å². The first kappa shape index (κ1) is 13.2. The third-order valence-electron chi connectivity index (χ3n) is 2.97. The topological polar surface area (TPSA) is 72.7 Å². The fourth-order valence-corrected chi connectivity index (χ4v) is 1.79. The molecule has 1 amide bonds. The van der Waals surface area contributed by atoms with Crippen LogP contribution in [0, 0.1) is 5.92 Å². The molecule has 0 bridgehead atoms. The number of nitrogens with one attached hydrogen (secondary N) is 1. The molecule has 0 aliphatic carbocycles. The van der Waals surface area contributed by atoms with Gasteiger partial charge in [0.05, 0.1) is 18.1 Å². The van der Waals surface area contributed by atoms with Crippen LogP contribution >= 0.6 is 0 Å². The highest BCUT2D eigenvalue weighted by Gasteiger charge is 2.14. The monoisotopic (exact) mass is 259 g/mol. The van der Waals surface area contributed by atoms with Gasteiger partial charge in [0.25, 0.3) is 5.95 Å². The third kappa shape index (κ3) is 3.15. The summed E-state index contributed by atoms with van der Waals surface area (Å²) in [6.07, 6.45) is 8.25. The van der Waals surface area contributed by atoms with Crippen LogP contribution in [0.3, 0.4) is 0 Å². The number of hydrogen-bond donors (Lipinski definition) is 1. The van der Waals surface area contributed by atoms with Crippen molar-refractivity contribution in [3.05, 3.63) is 30.9 Å². The molecular weight excluding hydrogens is 242 g/mol. The summed E-state index contributed by atoms with van der Waals surface area (Å²) in [5, 5.41) is 6.86. The molecule has 0 spiro atoms. The Morgan fingerprint density at radius 2 is 2.00 bits per heavy atom. The average molecular weight is 259 g/mol. The fraction of sp³-hybridized carbons (Fsp3) is 0.385. The summed E-state index contributed by atoms with van der Waals surface area (Å²) in [5.41, 5.74) is 0.604. The second kappa shape index (κ2) is 6.08. The first-order valence-electron chi connectivity index (χ1n) is 6.37. The van der Waals surface area contributed by atoms with Gasteiger partial charge in [0, 0.05) is 18.3 Å². The van der Waals surface area contributed by atoms with Gasteiger partial charge in [-0.05, 0) is 18.9 Å². The van der Waals surface area contributed by atoms with Crippen LogP contribution in [0.15, 0.2) is 30.9 Å². The number of carbonyl (C=O) groups excluding carboxylic acids is 1. The maximum absolute atomic E-state index is 11.9. The smallest absolute Gasteiger partial charge is 0.250 e. The van der Waals surface area contributed by atoms with Gasteiger partial charge in [-0.1, -0.05) is 13.8 Å². The first-order valence-corrected chi connectivity index (χ1v) is 6.37. The van der Waals surface area contributed by atoms with Crippen molar-refractivity contribution < 1.29 is 4.79 Å². The van der Waals surface area contributed by atoms with E-state index in [1.807, 2.05) is 13.8 Å². The summed E-state index contributed by atoms with van der Waals surface area (Å²) in [7, 11) is 0. The Kier molecular flexibility index (Phi) is 4.22. The van der Waals surface area contributed by atoms with E-state index < -0.39 is 0 Å². The second-order valence-corrected chi connectivity index (χ2v) is 4.23. The lowest BCUT2D eigenvalue weighted by molar-refractivity contribution is -0.120. The van der Waals surface area contributed by atoms with E-state index in [2.05, 4.69) is 20.4 Å².